The van der Waals surface area contributed by atoms with Gasteiger partial charge in [-0.05, 0) is 11.6 Å². The highest BCUT2D eigenvalue weighted by molar-refractivity contribution is 6.52. The summed E-state index contributed by atoms with van der Waals surface area (Å²) in [6.45, 7) is 3.37. The second kappa shape index (κ2) is 8.25. The number of halogens is 1. The molecule has 1 fully saturated rings. The van der Waals surface area contributed by atoms with Crippen LogP contribution in [-0.2, 0) is 16.1 Å². The monoisotopic (exact) mass is 426 g/mol. The highest BCUT2D eigenvalue weighted by Gasteiger charge is 2.42. The first kappa shape index (κ1) is 20.1. The second-order valence-electron chi connectivity index (χ2n) is 7.13. The van der Waals surface area contributed by atoms with Gasteiger partial charge in [-0.15, -0.1) is 0 Å². The molecule has 154 valence electrons. The van der Waals surface area contributed by atoms with Crippen LogP contribution in [0.5, 0.6) is 0 Å². The van der Waals surface area contributed by atoms with E-state index in [9.17, 15) is 19.7 Å². The van der Waals surface area contributed by atoms with E-state index in [0.29, 0.717) is 13.1 Å². The Balaban J connectivity index is 1.47. The molecule has 2 amide bonds. The number of piperazine rings is 1. The van der Waals surface area contributed by atoms with E-state index in [1.807, 2.05) is 23.1 Å². The minimum atomic E-state index is -0.663. The van der Waals surface area contributed by atoms with Gasteiger partial charge in [0.15, 0.2) is 0 Å². The van der Waals surface area contributed by atoms with Gasteiger partial charge in [-0.3, -0.25) is 24.6 Å². The standard InChI is InChI=1S/C21H19ClN4O4/c22-18-19(24-11-9-23(10-12-24)14-15-5-2-1-3-6-15)21(28)25(20(18)27)16-7-4-8-17(13-16)26(29)30/h1-8,13H,9-12,14H2. The topological polar surface area (TPSA) is 87.0 Å². The maximum Gasteiger partial charge on any atom is 0.283 e. The molecule has 2 aromatic rings. The lowest BCUT2D eigenvalue weighted by molar-refractivity contribution is -0.384. The Bertz CT molecular complexity index is 1030. The van der Waals surface area contributed by atoms with Crippen molar-refractivity contribution >= 4 is 34.8 Å². The minimum absolute atomic E-state index is 0.134. The van der Waals surface area contributed by atoms with Crippen molar-refractivity contribution in [2.75, 3.05) is 31.1 Å². The largest absolute Gasteiger partial charge is 0.363 e. The Kier molecular flexibility index (Phi) is 5.52. The van der Waals surface area contributed by atoms with Gasteiger partial charge in [-0.25, -0.2) is 4.90 Å². The Morgan fingerprint density at radius 1 is 0.933 bits per heavy atom. The quantitative estimate of drug-likeness (QED) is 0.415. The summed E-state index contributed by atoms with van der Waals surface area (Å²) in [4.78, 5) is 41.1. The van der Waals surface area contributed by atoms with Gasteiger partial charge in [0.05, 0.1) is 10.6 Å². The predicted octanol–water partition coefficient (Wildman–Crippen LogP) is 2.74. The van der Waals surface area contributed by atoms with Crippen molar-refractivity contribution in [3.63, 3.8) is 0 Å². The third-order valence-electron chi connectivity index (χ3n) is 5.24. The maximum atomic E-state index is 13.0. The fraction of sp³-hybridized carbons (Fsp3) is 0.238. The summed E-state index contributed by atoms with van der Waals surface area (Å²) < 4.78 is 0. The Hall–Kier alpha value is -3.23. The minimum Gasteiger partial charge on any atom is -0.363 e. The number of nitro groups is 1. The van der Waals surface area contributed by atoms with E-state index < -0.39 is 16.7 Å². The Morgan fingerprint density at radius 3 is 2.30 bits per heavy atom. The number of imide groups is 1. The molecule has 0 N–H and O–H groups in total. The van der Waals surface area contributed by atoms with Crippen molar-refractivity contribution in [3.05, 3.63) is 81.0 Å². The SMILES string of the molecule is O=C1C(Cl)=C(N2CCN(Cc3ccccc3)CC2)C(=O)N1c1cccc([N+](=O)[O-])c1. The maximum absolute atomic E-state index is 13.0. The van der Waals surface area contributed by atoms with Crippen molar-refractivity contribution in [3.8, 4) is 0 Å². The molecule has 9 heteroatoms. The molecule has 0 unspecified atom stereocenters. The van der Waals surface area contributed by atoms with Crippen molar-refractivity contribution in [1.82, 2.24) is 9.80 Å². The molecule has 8 nitrogen and oxygen atoms in total. The number of benzene rings is 2. The van der Waals surface area contributed by atoms with E-state index >= 15 is 0 Å². The lowest BCUT2D eigenvalue weighted by atomic mass is 10.2. The zero-order chi connectivity index (χ0) is 21.3. The van der Waals surface area contributed by atoms with E-state index in [0.717, 1.165) is 24.5 Å². The molecular formula is C21H19ClN4O4. The van der Waals surface area contributed by atoms with Crippen LogP contribution in [0.2, 0.25) is 0 Å². The smallest absolute Gasteiger partial charge is 0.283 e. The van der Waals surface area contributed by atoms with Gasteiger partial charge < -0.3 is 4.90 Å². The van der Waals surface area contributed by atoms with Crippen molar-refractivity contribution < 1.29 is 14.5 Å². The molecule has 0 bridgehead atoms. The van der Waals surface area contributed by atoms with E-state index in [1.165, 1.54) is 29.8 Å². The number of rotatable bonds is 5. The fourth-order valence-electron chi connectivity index (χ4n) is 3.72. The first-order valence-electron chi connectivity index (χ1n) is 9.50. The van der Waals surface area contributed by atoms with Crippen LogP contribution in [0.25, 0.3) is 0 Å². The summed E-state index contributed by atoms with van der Waals surface area (Å²) in [5.74, 6) is -1.22. The molecule has 0 aliphatic carbocycles. The van der Waals surface area contributed by atoms with Crippen LogP contribution >= 0.6 is 11.6 Å². The van der Waals surface area contributed by atoms with Crippen molar-refractivity contribution in [2.24, 2.45) is 0 Å². The fourth-order valence-corrected chi connectivity index (χ4v) is 4.00. The molecular weight excluding hydrogens is 408 g/mol. The molecule has 0 spiro atoms. The molecule has 1 saturated heterocycles. The molecule has 2 heterocycles. The van der Waals surface area contributed by atoms with Gasteiger partial charge in [0.2, 0.25) is 0 Å². The van der Waals surface area contributed by atoms with Gasteiger partial charge in [-0.2, -0.15) is 0 Å². The van der Waals surface area contributed by atoms with Gasteiger partial charge in [0, 0.05) is 44.9 Å². The molecule has 4 rings (SSSR count). The molecule has 2 aliphatic rings. The lowest BCUT2D eigenvalue weighted by Crippen LogP contribution is -2.47. The molecule has 30 heavy (non-hydrogen) atoms. The van der Waals surface area contributed by atoms with Crippen molar-refractivity contribution in [1.29, 1.82) is 0 Å². The number of hydrogen-bond acceptors (Lipinski definition) is 6. The third kappa shape index (κ3) is 3.79. The molecule has 2 aliphatic heterocycles. The molecule has 0 saturated carbocycles. The van der Waals surface area contributed by atoms with E-state index in [2.05, 4.69) is 17.0 Å². The first-order valence-corrected chi connectivity index (χ1v) is 9.88. The van der Waals surface area contributed by atoms with Crippen LogP contribution in [0, 0.1) is 10.1 Å². The highest BCUT2D eigenvalue weighted by atomic mass is 35.5. The summed E-state index contributed by atoms with van der Waals surface area (Å²) in [6.07, 6.45) is 0. The van der Waals surface area contributed by atoms with Crippen LogP contribution < -0.4 is 4.90 Å². The zero-order valence-electron chi connectivity index (χ0n) is 16.0. The average Bonchev–Trinajstić information content (AvgIpc) is 2.98. The Labute approximate surface area is 178 Å². The second-order valence-corrected chi connectivity index (χ2v) is 7.51. The highest BCUT2D eigenvalue weighted by Crippen LogP contribution is 2.33. The average molecular weight is 427 g/mol. The number of amides is 2. The molecule has 0 radical (unpaired) electrons. The number of hydrogen-bond donors (Lipinski definition) is 0. The number of anilines is 1. The van der Waals surface area contributed by atoms with Gasteiger partial charge >= 0.3 is 0 Å². The summed E-state index contributed by atoms with van der Waals surface area (Å²) in [6, 6.07) is 15.5. The predicted molar refractivity (Wildman–Crippen MR) is 112 cm³/mol. The van der Waals surface area contributed by atoms with Crippen molar-refractivity contribution in [2.45, 2.75) is 6.54 Å². The number of nitrogens with zero attached hydrogens (tertiary/aromatic N) is 4. The molecule has 0 aromatic heterocycles. The van der Waals surface area contributed by atoms with Crippen LogP contribution in [0.4, 0.5) is 11.4 Å². The van der Waals surface area contributed by atoms with Gasteiger partial charge in [0.25, 0.3) is 17.5 Å². The van der Waals surface area contributed by atoms with Crippen LogP contribution in [-0.4, -0.2) is 52.7 Å². The lowest BCUT2D eigenvalue weighted by Gasteiger charge is -2.36. The van der Waals surface area contributed by atoms with E-state index in [-0.39, 0.29) is 22.1 Å². The normalized spacial score (nSPS) is 17.8. The number of carbonyl (C=O) groups excluding carboxylic acids is 2. The zero-order valence-corrected chi connectivity index (χ0v) is 16.8. The van der Waals surface area contributed by atoms with Crippen LogP contribution in [0.15, 0.2) is 65.3 Å². The number of non-ortho nitro benzene ring substituents is 1. The summed E-state index contributed by atoms with van der Waals surface area (Å²) in [7, 11) is 0. The third-order valence-corrected chi connectivity index (χ3v) is 5.58. The van der Waals surface area contributed by atoms with E-state index in [4.69, 9.17) is 11.6 Å². The summed E-state index contributed by atoms with van der Waals surface area (Å²) >= 11 is 6.25. The number of nitro benzene ring substituents is 1. The Morgan fingerprint density at radius 2 is 1.63 bits per heavy atom. The van der Waals surface area contributed by atoms with Crippen LogP contribution in [0.3, 0.4) is 0 Å². The molecule has 0 atom stereocenters. The van der Waals surface area contributed by atoms with E-state index in [1.54, 1.807) is 0 Å². The molecule has 2 aromatic carbocycles. The summed E-state index contributed by atoms with van der Waals surface area (Å²) in [5, 5.41) is 10.9. The summed E-state index contributed by atoms with van der Waals surface area (Å²) in [5.41, 5.74) is 1.31. The van der Waals surface area contributed by atoms with Gasteiger partial charge in [-0.1, -0.05) is 48.0 Å². The van der Waals surface area contributed by atoms with Gasteiger partial charge in [0.1, 0.15) is 10.7 Å². The first-order chi connectivity index (χ1) is 14.5. The number of carbonyl (C=O) groups is 2. The van der Waals surface area contributed by atoms with Crippen LogP contribution in [0.1, 0.15) is 5.56 Å².